The van der Waals surface area contributed by atoms with Crippen LogP contribution in [0.2, 0.25) is 0 Å². The number of benzene rings is 15. The molecule has 0 saturated carbocycles. The number of hydrogen-bond acceptors (Lipinski definition) is 10. The molecule has 0 amide bonds. The second kappa shape index (κ2) is 34.9. The Morgan fingerprint density at radius 3 is 0.564 bits per heavy atom. The molecule has 0 radical (unpaired) electrons. The zero-order chi connectivity index (χ0) is 79.1. The van der Waals surface area contributed by atoms with E-state index < -0.39 is 0 Å². The van der Waals surface area contributed by atoms with E-state index >= 15 is 0 Å². The first-order chi connectivity index (χ1) is 57.6. The largest absolute Gasteiger partial charge is 0.244 e. The van der Waals surface area contributed by atoms with Crippen molar-refractivity contribution >= 4 is 0 Å². The Kier molecular flexibility index (Phi) is 22.1. The molecule has 0 unspecified atom stereocenters. The Morgan fingerprint density at radius 2 is 0.291 bits per heavy atom. The third kappa shape index (κ3) is 17.9. The van der Waals surface area contributed by atoms with E-state index in [1.54, 1.807) is 30.3 Å². The molecule has 117 heavy (non-hydrogen) atoms. The second-order valence-corrected chi connectivity index (χ2v) is 27.5. The quantitative estimate of drug-likeness (QED) is 0.0922. The fraction of sp³-hybridized carbons (Fsp3) is 0. The molecule has 0 aliphatic heterocycles. The Balaban J connectivity index is 0.000000127. The van der Waals surface area contributed by atoms with Crippen LogP contribution in [0.1, 0.15) is 0 Å². The second-order valence-electron chi connectivity index (χ2n) is 27.5. The Morgan fingerprint density at radius 1 is 0.111 bits per heavy atom. The van der Waals surface area contributed by atoms with E-state index in [2.05, 4.69) is 121 Å². The molecule has 0 aliphatic rings. The van der Waals surface area contributed by atoms with Crippen molar-refractivity contribution in [2.24, 2.45) is 0 Å². The van der Waals surface area contributed by atoms with E-state index in [4.69, 9.17) is 49.8 Å². The van der Waals surface area contributed by atoms with Gasteiger partial charge in [-0.2, -0.15) is 0 Å². The van der Waals surface area contributed by atoms with Crippen LogP contribution in [-0.2, 0) is 0 Å². The molecule has 10 nitrogen and oxygen atoms in total. The van der Waals surface area contributed by atoms with Crippen molar-refractivity contribution in [2.45, 2.75) is 0 Å². The van der Waals surface area contributed by atoms with Crippen LogP contribution in [0.3, 0.4) is 0 Å². The first-order valence-corrected chi connectivity index (χ1v) is 38.1. The molecule has 0 aliphatic carbocycles. The molecule has 4 heterocycles. The minimum atomic E-state index is -0.300. The van der Waals surface area contributed by atoms with Crippen LogP contribution in [0, 0.1) is 17.5 Å². The molecule has 19 rings (SSSR count). The van der Waals surface area contributed by atoms with Crippen LogP contribution in [-0.4, -0.2) is 49.8 Å². The van der Waals surface area contributed by atoms with Gasteiger partial charge in [0.2, 0.25) is 0 Å². The van der Waals surface area contributed by atoms with Gasteiger partial charge in [0.25, 0.3) is 0 Å². The highest BCUT2D eigenvalue weighted by molar-refractivity contribution is 5.78. The number of halogens is 3. The van der Waals surface area contributed by atoms with E-state index in [0.29, 0.717) is 58.1 Å². The number of nitrogens with zero attached hydrogens (tertiary/aromatic N) is 10. The number of rotatable bonds is 16. The van der Waals surface area contributed by atoms with Crippen molar-refractivity contribution in [2.75, 3.05) is 0 Å². The minimum absolute atomic E-state index is 0.251. The normalized spacial score (nSPS) is 10.9. The first kappa shape index (κ1) is 74.0. The van der Waals surface area contributed by atoms with Gasteiger partial charge in [-0.15, -0.1) is 0 Å². The number of aromatic nitrogens is 10. The van der Waals surface area contributed by atoms with Crippen LogP contribution in [0.4, 0.5) is 13.2 Å². The van der Waals surface area contributed by atoms with E-state index in [9.17, 15) is 13.2 Å². The maximum absolute atomic E-state index is 13.6. The summed E-state index contributed by atoms with van der Waals surface area (Å²) in [5.41, 5.74) is 22.2. The molecule has 0 atom stereocenters. The molecule has 15 aromatic carbocycles. The molecule has 0 saturated heterocycles. The Hall–Kier alpha value is -15.7. The molecule has 19 aromatic rings. The van der Waals surface area contributed by atoms with Crippen LogP contribution in [0.5, 0.6) is 0 Å². The third-order valence-corrected chi connectivity index (χ3v) is 19.7. The molecule has 0 spiro atoms. The molecule has 13 heteroatoms. The zero-order valence-corrected chi connectivity index (χ0v) is 62.9. The number of pyridine rings is 1. The Bertz CT molecular complexity index is 6290. The Labute approximate surface area is 675 Å². The summed E-state index contributed by atoms with van der Waals surface area (Å²) in [7, 11) is 0. The predicted molar refractivity (Wildman–Crippen MR) is 464 cm³/mol. The van der Waals surface area contributed by atoms with Crippen molar-refractivity contribution in [3.8, 4) is 181 Å². The van der Waals surface area contributed by atoms with Crippen molar-refractivity contribution in [1.29, 1.82) is 0 Å². The maximum atomic E-state index is 13.6. The van der Waals surface area contributed by atoms with E-state index in [0.717, 1.165) is 123 Å². The number of hydrogen-bond donors (Lipinski definition) is 0. The van der Waals surface area contributed by atoms with Gasteiger partial charge >= 0.3 is 0 Å². The average molecular weight is 1520 g/mol. The fourth-order valence-electron chi connectivity index (χ4n) is 13.5. The lowest BCUT2D eigenvalue weighted by atomic mass is 10.0. The molecule has 0 fully saturated rings. The third-order valence-electron chi connectivity index (χ3n) is 19.7. The van der Waals surface area contributed by atoms with Gasteiger partial charge in [-0.1, -0.05) is 358 Å². The zero-order valence-electron chi connectivity index (χ0n) is 62.9. The topological polar surface area (TPSA) is 129 Å². The summed E-state index contributed by atoms with van der Waals surface area (Å²) in [6, 6.07) is 135. The van der Waals surface area contributed by atoms with Crippen LogP contribution < -0.4 is 0 Å². The highest BCUT2D eigenvalue weighted by Crippen LogP contribution is 2.35. The van der Waals surface area contributed by atoms with Gasteiger partial charge < -0.3 is 0 Å². The maximum Gasteiger partial charge on any atom is 0.182 e. The summed E-state index contributed by atoms with van der Waals surface area (Å²) < 4.78 is 40.7. The van der Waals surface area contributed by atoms with E-state index in [1.807, 2.05) is 231 Å². The summed E-state index contributed by atoms with van der Waals surface area (Å²) in [6.45, 7) is 0. The lowest BCUT2D eigenvalue weighted by Gasteiger charge is -2.10. The SMILES string of the molecule is Fc1ccc(-c2ccc(-c3nc(-c4ccc(-c5ccccc5)cc4)nc(-c4ccc(-c5ccccc5)cc4)n3)cc2)cc1.Fc1ccc(-c2nc(-c3ccc(-c4ccccc4)cc3)nc(-c3ccc(-c4ccccc4)cc3)n2)cc1.Fc1cccc(-c2ccc(-c3cccc(-c4nc(-c5ccccc5)nc(-c5ccccc5)n4)n3)cc2)c1. The molecule has 4 aromatic heterocycles. The highest BCUT2D eigenvalue weighted by Gasteiger charge is 2.19. The van der Waals surface area contributed by atoms with Crippen LogP contribution >= 0.6 is 0 Å². The van der Waals surface area contributed by atoms with Gasteiger partial charge in [-0.3, -0.25) is 0 Å². The smallest absolute Gasteiger partial charge is 0.182 e. The van der Waals surface area contributed by atoms with Crippen LogP contribution in [0.15, 0.2) is 419 Å². The van der Waals surface area contributed by atoms with Crippen LogP contribution in [0.25, 0.3) is 181 Å². The predicted octanol–water partition coefficient (Wildman–Crippen LogP) is 26.1. The van der Waals surface area contributed by atoms with Gasteiger partial charge in [-0.25, -0.2) is 63.0 Å². The minimum Gasteiger partial charge on any atom is -0.244 e. The fourth-order valence-corrected chi connectivity index (χ4v) is 13.5. The lowest BCUT2D eigenvalue weighted by Crippen LogP contribution is -2.01. The summed E-state index contributed by atoms with van der Waals surface area (Å²) in [5.74, 6) is 4.32. The lowest BCUT2D eigenvalue weighted by molar-refractivity contribution is 0.627. The van der Waals surface area contributed by atoms with Crippen molar-refractivity contribution in [3.05, 3.63) is 436 Å². The standard InChI is InChI=1S/C39H26FN3.C33H22FN3.C32H21FN4/c40-36-25-23-32(24-26-36)31-15-21-35(22-16-31)39-42-37(33-17-11-29(12-18-33)27-7-3-1-4-8-27)41-38(43-39)34-19-13-30(14-20-34)28-9-5-2-6-10-28;34-30-21-19-29(20-22-30)33-36-31(27-15-11-25(12-16-27)23-7-3-1-4-8-23)35-32(37-33)28-17-13-26(14-18-28)24-9-5-2-6-10-24;33-27-14-7-13-26(21-27)22-17-19-23(20-18-22)28-15-8-16-29(34-28)32-36-30(24-9-3-1-4-10-24)35-31(37-32)25-11-5-2-6-12-25/h1-26H;1-22H;1-21H. The van der Waals surface area contributed by atoms with Gasteiger partial charge in [-0.05, 0) is 127 Å². The molecule has 0 N–H and O–H groups in total. The summed E-state index contributed by atoms with van der Waals surface area (Å²) in [6.07, 6.45) is 0. The van der Waals surface area contributed by atoms with Gasteiger partial charge in [0.05, 0.1) is 5.69 Å². The molecular formula is C104H69F3N10. The first-order valence-electron chi connectivity index (χ1n) is 38.1. The molecular weight excluding hydrogens is 1450 g/mol. The van der Waals surface area contributed by atoms with Gasteiger partial charge in [0.15, 0.2) is 52.4 Å². The van der Waals surface area contributed by atoms with Crippen molar-refractivity contribution in [3.63, 3.8) is 0 Å². The van der Waals surface area contributed by atoms with E-state index in [-0.39, 0.29) is 17.5 Å². The van der Waals surface area contributed by atoms with Gasteiger partial charge in [0.1, 0.15) is 23.1 Å². The molecule has 0 bridgehead atoms. The highest BCUT2D eigenvalue weighted by atomic mass is 19.1. The van der Waals surface area contributed by atoms with Crippen molar-refractivity contribution in [1.82, 2.24) is 49.8 Å². The molecule has 556 valence electrons. The summed E-state index contributed by atoms with van der Waals surface area (Å²) in [4.78, 5) is 48.3. The van der Waals surface area contributed by atoms with Gasteiger partial charge in [0, 0.05) is 50.1 Å². The average Bonchev–Trinajstić information content (AvgIpc) is 0.801. The monoisotopic (exact) mass is 1510 g/mol. The summed E-state index contributed by atoms with van der Waals surface area (Å²) >= 11 is 0. The van der Waals surface area contributed by atoms with E-state index in [1.165, 1.54) is 36.4 Å². The van der Waals surface area contributed by atoms with Crippen molar-refractivity contribution < 1.29 is 13.2 Å². The summed E-state index contributed by atoms with van der Waals surface area (Å²) in [5, 5.41) is 0.